The first-order valence-electron chi connectivity index (χ1n) is 5.53. The smallest absolute Gasteiger partial charge is 0.0931 e. The Hall–Kier alpha value is -0.450. The number of thiazole rings is 1. The second kappa shape index (κ2) is 5.05. The van der Waals surface area contributed by atoms with Crippen LogP contribution in [0.5, 0.6) is 0 Å². The van der Waals surface area contributed by atoms with Crippen LogP contribution in [0.25, 0.3) is 0 Å². The second-order valence-corrected chi connectivity index (χ2v) is 5.72. The van der Waals surface area contributed by atoms with Crippen LogP contribution in [-0.2, 0) is 13.0 Å². The van der Waals surface area contributed by atoms with Gasteiger partial charge in [-0.3, -0.25) is 0 Å². The van der Waals surface area contributed by atoms with Crippen molar-refractivity contribution in [2.45, 2.75) is 19.4 Å². The summed E-state index contributed by atoms with van der Waals surface area (Å²) in [7, 11) is 4.20. The summed E-state index contributed by atoms with van der Waals surface area (Å²) in [4.78, 5) is 8.06. The maximum absolute atomic E-state index is 4.50. The topological polar surface area (TPSA) is 28.2 Å². The molecule has 84 valence electrons. The van der Waals surface area contributed by atoms with Gasteiger partial charge in [-0.2, -0.15) is 0 Å². The highest BCUT2D eigenvalue weighted by molar-refractivity contribution is 7.11. The molecule has 2 rings (SSSR count). The fourth-order valence-corrected chi connectivity index (χ4v) is 3.12. The second-order valence-electron chi connectivity index (χ2n) is 4.52. The Morgan fingerprint density at radius 2 is 2.47 bits per heavy atom. The summed E-state index contributed by atoms with van der Waals surface area (Å²) in [6, 6.07) is 0. The average Bonchev–Trinajstić information content (AvgIpc) is 2.77. The summed E-state index contributed by atoms with van der Waals surface area (Å²) < 4.78 is 0. The van der Waals surface area contributed by atoms with Gasteiger partial charge in [0, 0.05) is 24.0 Å². The van der Waals surface area contributed by atoms with Crippen LogP contribution in [0.3, 0.4) is 0 Å². The molecule has 1 N–H and O–H groups in total. The van der Waals surface area contributed by atoms with Gasteiger partial charge >= 0.3 is 0 Å². The first-order valence-corrected chi connectivity index (χ1v) is 6.34. The molecule has 1 unspecified atom stereocenters. The predicted molar refractivity (Wildman–Crippen MR) is 64.2 cm³/mol. The van der Waals surface area contributed by atoms with Crippen molar-refractivity contribution < 1.29 is 0 Å². The first kappa shape index (κ1) is 11.0. The van der Waals surface area contributed by atoms with Gasteiger partial charge in [0.1, 0.15) is 0 Å². The normalized spacial score (nSPS) is 21.4. The van der Waals surface area contributed by atoms with Gasteiger partial charge in [0.05, 0.1) is 5.01 Å². The minimum Gasteiger partial charge on any atom is -0.316 e. The lowest BCUT2D eigenvalue weighted by molar-refractivity contribution is 0.406. The van der Waals surface area contributed by atoms with Gasteiger partial charge in [-0.1, -0.05) is 0 Å². The van der Waals surface area contributed by atoms with E-state index in [4.69, 9.17) is 0 Å². The maximum Gasteiger partial charge on any atom is 0.0931 e. The van der Waals surface area contributed by atoms with E-state index in [-0.39, 0.29) is 0 Å². The van der Waals surface area contributed by atoms with Crippen LogP contribution >= 0.6 is 11.3 Å². The number of aromatic nitrogens is 1. The molecule has 1 aromatic heterocycles. The predicted octanol–water partition coefficient (Wildman–Crippen LogP) is 1.36. The van der Waals surface area contributed by atoms with Gasteiger partial charge < -0.3 is 10.2 Å². The van der Waals surface area contributed by atoms with E-state index in [0.29, 0.717) is 0 Å². The molecule has 1 aromatic rings. The minimum absolute atomic E-state index is 0.809. The van der Waals surface area contributed by atoms with Crippen LogP contribution < -0.4 is 5.32 Å². The van der Waals surface area contributed by atoms with Gasteiger partial charge in [0.25, 0.3) is 0 Å². The average molecular weight is 225 g/mol. The van der Waals surface area contributed by atoms with E-state index in [9.17, 15) is 0 Å². The molecule has 0 amide bonds. The maximum atomic E-state index is 4.50. The monoisotopic (exact) mass is 225 g/mol. The SMILES string of the molecule is CN(C)Cc1cnc(CC2CCNC2)s1. The summed E-state index contributed by atoms with van der Waals surface area (Å²) in [6.45, 7) is 3.36. The van der Waals surface area contributed by atoms with Gasteiger partial charge in [0.15, 0.2) is 0 Å². The van der Waals surface area contributed by atoms with Gasteiger partial charge in [-0.25, -0.2) is 4.98 Å². The van der Waals surface area contributed by atoms with Crippen LogP contribution in [0, 0.1) is 5.92 Å². The first-order chi connectivity index (χ1) is 7.24. The van der Waals surface area contributed by atoms with Gasteiger partial charge in [0.2, 0.25) is 0 Å². The Morgan fingerprint density at radius 3 is 3.13 bits per heavy atom. The van der Waals surface area contributed by atoms with Crippen LogP contribution in [0.15, 0.2) is 6.20 Å². The Kier molecular flexibility index (Phi) is 3.72. The van der Waals surface area contributed by atoms with E-state index in [0.717, 1.165) is 18.9 Å². The number of hydrogen-bond donors (Lipinski definition) is 1. The van der Waals surface area contributed by atoms with Crippen molar-refractivity contribution in [3.05, 3.63) is 16.1 Å². The minimum atomic E-state index is 0.809. The highest BCUT2D eigenvalue weighted by Crippen LogP contribution is 2.20. The zero-order chi connectivity index (χ0) is 10.7. The number of nitrogens with zero attached hydrogens (tertiary/aromatic N) is 2. The molecule has 1 aliphatic heterocycles. The summed E-state index contributed by atoms with van der Waals surface area (Å²) in [5.41, 5.74) is 0. The van der Waals surface area contributed by atoms with Crippen molar-refractivity contribution in [1.29, 1.82) is 0 Å². The molecule has 0 spiro atoms. The molecular formula is C11H19N3S. The molecule has 1 atom stereocenters. The molecule has 3 nitrogen and oxygen atoms in total. The van der Waals surface area contributed by atoms with E-state index in [1.54, 1.807) is 0 Å². The molecule has 0 radical (unpaired) electrons. The highest BCUT2D eigenvalue weighted by Gasteiger charge is 2.16. The molecular weight excluding hydrogens is 206 g/mol. The van der Waals surface area contributed by atoms with E-state index >= 15 is 0 Å². The third-order valence-electron chi connectivity index (χ3n) is 2.70. The molecule has 4 heteroatoms. The van der Waals surface area contributed by atoms with Crippen LogP contribution in [0.4, 0.5) is 0 Å². The van der Waals surface area contributed by atoms with Crippen LogP contribution in [0.1, 0.15) is 16.3 Å². The number of rotatable bonds is 4. The zero-order valence-electron chi connectivity index (χ0n) is 9.49. The summed E-state index contributed by atoms with van der Waals surface area (Å²) in [5, 5.41) is 4.71. The third-order valence-corrected chi connectivity index (χ3v) is 3.70. The summed E-state index contributed by atoms with van der Waals surface area (Å²) in [6.07, 6.45) is 4.50. The molecule has 15 heavy (non-hydrogen) atoms. The summed E-state index contributed by atoms with van der Waals surface area (Å²) >= 11 is 1.87. The third kappa shape index (κ3) is 3.26. The van der Waals surface area contributed by atoms with Crippen molar-refractivity contribution in [2.24, 2.45) is 5.92 Å². The molecule has 1 fully saturated rings. The Morgan fingerprint density at radius 1 is 1.60 bits per heavy atom. The van der Waals surface area contributed by atoms with E-state index in [1.807, 2.05) is 17.5 Å². The quantitative estimate of drug-likeness (QED) is 0.838. The fraction of sp³-hybridized carbons (Fsp3) is 0.727. The number of nitrogens with one attached hydrogen (secondary N) is 1. The van der Waals surface area contributed by atoms with Crippen molar-refractivity contribution >= 4 is 11.3 Å². The molecule has 0 saturated carbocycles. The van der Waals surface area contributed by atoms with Crippen LogP contribution in [-0.4, -0.2) is 37.1 Å². The van der Waals surface area contributed by atoms with Gasteiger partial charge in [-0.15, -0.1) is 11.3 Å². The van der Waals surface area contributed by atoms with Crippen molar-refractivity contribution in [3.63, 3.8) is 0 Å². The fourth-order valence-electron chi connectivity index (χ4n) is 1.96. The van der Waals surface area contributed by atoms with E-state index in [1.165, 1.54) is 29.4 Å². The standard InChI is InChI=1S/C11H19N3S/c1-14(2)8-10-7-13-11(15-10)5-9-3-4-12-6-9/h7,9,12H,3-6,8H2,1-2H3. The van der Waals surface area contributed by atoms with Crippen molar-refractivity contribution in [1.82, 2.24) is 15.2 Å². The summed E-state index contributed by atoms with van der Waals surface area (Å²) in [5.74, 6) is 0.809. The molecule has 0 aliphatic carbocycles. The number of hydrogen-bond acceptors (Lipinski definition) is 4. The Balaban J connectivity index is 1.88. The lowest BCUT2D eigenvalue weighted by Crippen LogP contribution is -2.10. The van der Waals surface area contributed by atoms with Crippen molar-refractivity contribution in [2.75, 3.05) is 27.2 Å². The van der Waals surface area contributed by atoms with Crippen LogP contribution in [0.2, 0.25) is 0 Å². The lowest BCUT2D eigenvalue weighted by atomic mass is 10.1. The molecule has 1 aliphatic rings. The zero-order valence-corrected chi connectivity index (χ0v) is 10.3. The van der Waals surface area contributed by atoms with Crippen molar-refractivity contribution in [3.8, 4) is 0 Å². The van der Waals surface area contributed by atoms with E-state index in [2.05, 4.69) is 29.3 Å². The molecule has 0 aromatic carbocycles. The molecule has 1 saturated heterocycles. The largest absolute Gasteiger partial charge is 0.316 e. The Bertz CT molecular complexity index is 303. The van der Waals surface area contributed by atoms with E-state index < -0.39 is 0 Å². The highest BCUT2D eigenvalue weighted by atomic mass is 32.1. The molecule has 2 heterocycles. The molecule has 0 bridgehead atoms. The van der Waals surface area contributed by atoms with Gasteiger partial charge in [-0.05, 0) is 39.5 Å². The Labute approximate surface area is 95.5 Å². The lowest BCUT2D eigenvalue weighted by Gasteiger charge is -2.06.